The Hall–Kier alpha value is -0.980. The number of nitrogens with one attached hydrogen (secondary N) is 2. The van der Waals surface area contributed by atoms with E-state index in [1.807, 2.05) is 0 Å². The highest BCUT2D eigenvalue weighted by atomic mass is 35.5. The molecule has 4 nitrogen and oxygen atoms in total. The molecule has 0 atom stereocenters. The average Bonchev–Trinajstić information content (AvgIpc) is 2.39. The Morgan fingerprint density at radius 3 is 2.38 bits per heavy atom. The first-order valence-corrected chi connectivity index (χ1v) is 7.07. The molecule has 0 aliphatic carbocycles. The van der Waals surface area contributed by atoms with Gasteiger partial charge in [-0.25, -0.2) is 8.78 Å². The summed E-state index contributed by atoms with van der Waals surface area (Å²) in [6, 6.07) is 3.03. The van der Waals surface area contributed by atoms with Gasteiger partial charge in [-0.05, 0) is 12.1 Å². The molecule has 0 spiro atoms. The van der Waals surface area contributed by atoms with Gasteiger partial charge in [0.15, 0.2) is 11.7 Å². The van der Waals surface area contributed by atoms with Crippen molar-refractivity contribution in [1.29, 1.82) is 0 Å². The van der Waals surface area contributed by atoms with Gasteiger partial charge in [0.1, 0.15) is 6.61 Å². The smallest absolute Gasteiger partial charge is 0.255 e. The van der Waals surface area contributed by atoms with Crippen molar-refractivity contribution < 1.29 is 13.5 Å². The summed E-state index contributed by atoms with van der Waals surface area (Å²) in [6.45, 7) is 0.0734. The third-order valence-electron chi connectivity index (χ3n) is 2.25. The highest BCUT2D eigenvalue weighted by Crippen LogP contribution is 2.35. The fourth-order valence-electron chi connectivity index (χ4n) is 1.38. The van der Waals surface area contributed by atoms with E-state index in [9.17, 15) is 8.78 Å². The molecule has 21 heavy (non-hydrogen) atoms. The molecule has 1 rings (SSSR count). The Labute approximate surface area is 136 Å². The van der Waals surface area contributed by atoms with Gasteiger partial charge in [-0.1, -0.05) is 34.8 Å². The zero-order chi connectivity index (χ0) is 15.8. The molecule has 0 aliphatic rings. The van der Waals surface area contributed by atoms with Crippen LogP contribution < -0.4 is 15.4 Å². The number of halogens is 5. The maximum atomic E-state index is 12.1. The Bertz CT molecular complexity index is 478. The SMILES string of the molecule is CN=C(NCCOc1c(Cl)cc(Cl)cc1Cl)NCC(F)F. The van der Waals surface area contributed by atoms with Crippen molar-refractivity contribution in [3.8, 4) is 5.75 Å². The van der Waals surface area contributed by atoms with Crippen LogP contribution in [0.1, 0.15) is 0 Å². The van der Waals surface area contributed by atoms with E-state index in [4.69, 9.17) is 39.5 Å². The summed E-state index contributed by atoms with van der Waals surface area (Å²) in [5.74, 6) is 0.576. The van der Waals surface area contributed by atoms with Crippen molar-refractivity contribution in [3.63, 3.8) is 0 Å². The number of rotatable bonds is 6. The summed E-state index contributed by atoms with van der Waals surface area (Å²) >= 11 is 17.7. The molecule has 0 saturated carbocycles. The molecule has 0 heterocycles. The van der Waals surface area contributed by atoms with Crippen molar-refractivity contribution in [1.82, 2.24) is 10.6 Å². The number of hydrogen-bond acceptors (Lipinski definition) is 2. The minimum absolute atomic E-state index is 0.219. The largest absolute Gasteiger partial charge is 0.489 e. The van der Waals surface area contributed by atoms with Gasteiger partial charge in [-0.15, -0.1) is 0 Å². The Balaban J connectivity index is 2.40. The zero-order valence-electron chi connectivity index (χ0n) is 11.1. The monoisotopic (exact) mass is 359 g/mol. The van der Waals surface area contributed by atoms with Crippen LogP contribution in [0.4, 0.5) is 8.78 Å². The first-order chi connectivity index (χ1) is 9.93. The summed E-state index contributed by atoms with van der Waals surface area (Å²) in [5.41, 5.74) is 0. The van der Waals surface area contributed by atoms with E-state index in [1.165, 1.54) is 19.2 Å². The lowest BCUT2D eigenvalue weighted by Gasteiger charge is -2.13. The predicted molar refractivity (Wildman–Crippen MR) is 82.3 cm³/mol. The van der Waals surface area contributed by atoms with Crippen LogP contribution in [0.2, 0.25) is 15.1 Å². The molecule has 0 aromatic heterocycles. The van der Waals surface area contributed by atoms with E-state index in [0.717, 1.165) is 0 Å². The second kappa shape index (κ2) is 9.12. The molecular weight excluding hydrogens is 347 g/mol. The van der Waals surface area contributed by atoms with Gasteiger partial charge in [0.05, 0.1) is 23.1 Å². The van der Waals surface area contributed by atoms with E-state index in [2.05, 4.69) is 15.6 Å². The molecule has 0 amide bonds. The van der Waals surface area contributed by atoms with Crippen molar-refractivity contribution in [2.45, 2.75) is 6.43 Å². The third-order valence-corrected chi connectivity index (χ3v) is 3.03. The Morgan fingerprint density at radius 2 is 1.86 bits per heavy atom. The summed E-state index contributed by atoms with van der Waals surface area (Å²) in [4.78, 5) is 3.79. The quantitative estimate of drug-likeness (QED) is 0.464. The van der Waals surface area contributed by atoms with E-state index < -0.39 is 13.0 Å². The summed E-state index contributed by atoms with van der Waals surface area (Å²) in [5, 5.41) is 6.28. The number of alkyl halides is 2. The van der Waals surface area contributed by atoms with Crippen molar-refractivity contribution in [2.24, 2.45) is 4.99 Å². The second-order valence-electron chi connectivity index (χ2n) is 3.82. The number of benzene rings is 1. The van der Waals surface area contributed by atoms with Crippen LogP contribution in [0.3, 0.4) is 0 Å². The van der Waals surface area contributed by atoms with Crippen molar-refractivity contribution >= 4 is 40.8 Å². The molecule has 0 radical (unpaired) electrons. The Morgan fingerprint density at radius 1 is 1.24 bits per heavy atom. The lowest BCUT2D eigenvalue weighted by molar-refractivity contribution is 0.152. The van der Waals surface area contributed by atoms with Crippen LogP contribution in [-0.2, 0) is 0 Å². The number of hydrogen-bond donors (Lipinski definition) is 2. The van der Waals surface area contributed by atoms with Gasteiger partial charge in [0, 0.05) is 12.1 Å². The lowest BCUT2D eigenvalue weighted by atomic mass is 10.3. The van der Waals surface area contributed by atoms with Crippen molar-refractivity contribution in [3.05, 3.63) is 27.2 Å². The topological polar surface area (TPSA) is 45.7 Å². The molecule has 9 heteroatoms. The maximum Gasteiger partial charge on any atom is 0.255 e. The molecular formula is C12H14Cl3F2N3O. The Kier molecular flexibility index (Phi) is 7.85. The number of aliphatic imine (C=N–C) groups is 1. The molecule has 118 valence electrons. The van der Waals surface area contributed by atoms with Crippen LogP contribution >= 0.6 is 34.8 Å². The number of ether oxygens (including phenoxy) is 1. The fraction of sp³-hybridized carbons (Fsp3) is 0.417. The maximum absolute atomic E-state index is 12.1. The summed E-state index contributed by atoms with van der Waals surface area (Å²) < 4.78 is 29.5. The van der Waals surface area contributed by atoms with E-state index in [1.54, 1.807) is 0 Å². The van der Waals surface area contributed by atoms with Crippen LogP contribution in [0.5, 0.6) is 5.75 Å². The van der Waals surface area contributed by atoms with Gasteiger partial charge in [-0.3, -0.25) is 4.99 Å². The minimum atomic E-state index is -2.45. The van der Waals surface area contributed by atoms with E-state index in [0.29, 0.717) is 27.4 Å². The third kappa shape index (κ3) is 6.54. The van der Waals surface area contributed by atoms with Crippen molar-refractivity contribution in [2.75, 3.05) is 26.7 Å². The normalized spacial score (nSPS) is 11.7. The molecule has 0 saturated heterocycles. The standard InChI is InChI=1S/C12H14Cl3F2N3O/c1-18-12(20-6-10(16)17)19-2-3-21-11-8(14)4-7(13)5-9(11)15/h4-5,10H,2-3,6H2,1H3,(H2,18,19,20). The number of guanidine groups is 1. The van der Waals surface area contributed by atoms with Gasteiger partial charge >= 0.3 is 0 Å². The molecule has 0 fully saturated rings. The fourth-order valence-corrected chi connectivity index (χ4v) is 2.31. The molecule has 0 unspecified atom stereocenters. The zero-order valence-corrected chi connectivity index (χ0v) is 13.4. The highest BCUT2D eigenvalue weighted by Gasteiger charge is 2.09. The van der Waals surface area contributed by atoms with E-state index >= 15 is 0 Å². The number of nitrogens with zero attached hydrogens (tertiary/aromatic N) is 1. The molecule has 0 bridgehead atoms. The van der Waals surface area contributed by atoms with Gasteiger partial charge in [0.25, 0.3) is 6.43 Å². The molecule has 1 aromatic rings. The van der Waals surface area contributed by atoms with Crippen LogP contribution in [0.15, 0.2) is 17.1 Å². The van der Waals surface area contributed by atoms with Gasteiger partial charge in [0.2, 0.25) is 0 Å². The van der Waals surface area contributed by atoms with Crippen LogP contribution in [0.25, 0.3) is 0 Å². The minimum Gasteiger partial charge on any atom is -0.489 e. The summed E-state index contributed by atoms with van der Waals surface area (Å²) in [6.07, 6.45) is -2.45. The molecule has 0 aliphatic heterocycles. The second-order valence-corrected chi connectivity index (χ2v) is 5.07. The lowest BCUT2D eigenvalue weighted by Crippen LogP contribution is -2.41. The van der Waals surface area contributed by atoms with Crippen LogP contribution in [-0.4, -0.2) is 39.1 Å². The predicted octanol–water partition coefficient (Wildman–Crippen LogP) is 3.46. The van der Waals surface area contributed by atoms with Gasteiger partial charge in [-0.2, -0.15) is 0 Å². The molecule has 1 aromatic carbocycles. The average molecular weight is 361 g/mol. The summed E-state index contributed by atoms with van der Waals surface area (Å²) in [7, 11) is 1.48. The molecule has 2 N–H and O–H groups in total. The first kappa shape index (κ1) is 18.1. The van der Waals surface area contributed by atoms with Gasteiger partial charge < -0.3 is 15.4 Å². The van der Waals surface area contributed by atoms with Crippen LogP contribution in [0, 0.1) is 0 Å². The van der Waals surface area contributed by atoms with E-state index in [-0.39, 0.29) is 12.6 Å². The highest BCUT2D eigenvalue weighted by molar-refractivity contribution is 6.40. The first-order valence-electron chi connectivity index (χ1n) is 5.94.